The van der Waals surface area contributed by atoms with Crippen LogP contribution < -0.4 is 5.32 Å². The molecule has 1 heterocycles. The minimum Gasteiger partial charge on any atom is -0.387 e. The number of hydrogen-bond acceptors (Lipinski definition) is 3. The van der Waals surface area contributed by atoms with Gasteiger partial charge in [0.05, 0.1) is 12.6 Å². The van der Waals surface area contributed by atoms with Crippen LogP contribution in [-0.2, 0) is 4.79 Å². The maximum Gasteiger partial charge on any atom is 0.325 e. The maximum atomic E-state index is 13.0. The van der Waals surface area contributed by atoms with Crippen LogP contribution in [0.2, 0.25) is 0 Å². The summed E-state index contributed by atoms with van der Waals surface area (Å²) in [5.74, 6) is 0.180. The Balaban J connectivity index is 1.79. The monoisotopic (exact) mass is 330 g/mol. The summed E-state index contributed by atoms with van der Waals surface area (Å²) >= 11 is 0. The molecular formula is C19H26N2O3. The number of imide groups is 1. The van der Waals surface area contributed by atoms with Crippen molar-refractivity contribution < 1.29 is 14.7 Å². The van der Waals surface area contributed by atoms with Gasteiger partial charge in [-0.2, -0.15) is 0 Å². The number of rotatable bonds is 3. The molecule has 2 aliphatic rings. The van der Waals surface area contributed by atoms with E-state index in [0.717, 1.165) is 6.42 Å². The number of benzene rings is 1. The van der Waals surface area contributed by atoms with E-state index in [1.807, 2.05) is 18.2 Å². The van der Waals surface area contributed by atoms with Gasteiger partial charge in [0, 0.05) is 0 Å². The zero-order valence-corrected chi connectivity index (χ0v) is 14.6. The molecule has 3 rings (SSSR count). The van der Waals surface area contributed by atoms with E-state index in [4.69, 9.17) is 0 Å². The second-order valence-corrected chi connectivity index (χ2v) is 8.21. The van der Waals surface area contributed by atoms with Crippen molar-refractivity contribution in [1.82, 2.24) is 10.2 Å². The molecule has 2 N–H and O–H groups in total. The molecule has 1 saturated carbocycles. The van der Waals surface area contributed by atoms with Crippen molar-refractivity contribution in [3.05, 3.63) is 35.9 Å². The number of aliphatic hydroxyl groups excluding tert-OH is 1. The van der Waals surface area contributed by atoms with Crippen LogP contribution in [0.1, 0.15) is 51.7 Å². The number of urea groups is 1. The lowest BCUT2D eigenvalue weighted by molar-refractivity contribution is -0.135. The highest BCUT2D eigenvalue weighted by molar-refractivity contribution is 6.07. The normalized spacial score (nSPS) is 30.5. The van der Waals surface area contributed by atoms with Crippen molar-refractivity contribution in [3.63, 3.8) is 0 Å². The molecule has 0 unspecified atom stereocenters. The fraction of sp³-hybridized carbons (Fsp3) is 0.579. The van der Waals surface area contributed by atoms with Gasteiger partial charge >= 0.3 is 6.03 Å². The molecule has 1 spiro atoms. The molecular weight excluding hydrogens is 304 g/mol. The Hall–Kier alpha value is -1.88. The van der Waals surface area contributed by atoms with Gasteiger partial charge in [-0.05, 0) is 36.2 Å². The first-order chi connectivity index (χ1) is 11.2. The average Bonchev–Trinajstić information content (AvgIpc) is 2.69. The second-order valence-electron chi connectivity index (χ2n) is 8.21. The maximum absolute atomic E-state index is 13.0. The van der Waals surface area contributed by atoms with Crippen LogP contribution in [0.25, 0.3) is 0 Å². The molecule has 0 bridgehead atoms. The van der Waals surface area contributed by atoms with Gasteiger partial charge in [-0.3, -0.25) is 9.69 Å². The van der Waals surface area contributed by atoms with E-state index in [9.17, 15) is 14.7 Å². The quantitative estimate of drug-likeness (QED) is 0.837. The van der Waals surface area contributed by atoms with E-state index in [1.54, 1.807) is 12.1 Å². The van der Waals surface area contributed by atoms with Gasteiger partial charge in [0.25, 0.3) is 5.91 Å². The van der Waals surface area contributed by atoms with Crippen LogP contribution >= 0.6 is 0 Å². The molecule has 1 aromatic rings. The number of carbonyl (C=O) groups is 2. The molecule has 3 amide bonds. The molecule has 5 nitrogen and oxygen atoms in total. The zero-order chi connectivity index (χ0) is 17.5. The molecule has 24 heavy (non-hydrogen) atoms. The van der Waals surface area contributed by atoms with E-state index in [0.29, 0.717) is 24.3 Å². The summed E-state index contributed by atoms with van der Waals surface area (Å²) in [7, 11) is 0. The Morgan fingerprint density at radius 2 is 1.92 bits per heavy atom. The molecule has 1 aliphatic heterocycles. The van der Waals surface area contributed by atoms with E-state index in [-0.39, 0.29) is 23.9 Å². The SMILES string of the molecule is C[C@H]1CC(C)(C)C[C@@]2(C1)NC(=O)N(C[C@H](O)c1ccccc1)C2=O. The summed E-state index contributed by atoms with van der Waals surface area (Å²) < 4.78 is 0. The first-order valence-electron chi connectivity index (χ1n) is 8.60. The van der Waals surface area contributed by atoms with Gasteiger partial charge in [-0.15, -0.1) is 0 Å². The fourth-order valence-corrected chi connectivity index (χ4v) is 4.63. The van der Waals surface area contributed by atoms with Crippen LogP contribution in [0.4, 0.5) is 4.79 Å². The van der Waals surface area contributed by atoms with Crippen molar-refractivity contribution in [2.75, 3.05) is 6.54 Å². The minimum atomic E-state index is -0.870. The standard InChI is InChI=1S/C19H26N2O3/c1-13-9-18(2,3)12-19(10-13)16(23)21(17(24)20-19)11-15(22)14-7-5-4-6-8-14/h4-8,13,15,22H,9-12H2,1-3H3,(H,20,24)/t13-,15-,19+/m0/s1. The Kier molecular flexibility index (Phi) is 4.16. The van der Waals surface area contributed by atoms with Crippen molar-refractivity contribution in [3.8, 4) is 0 Å². The summed E-state index contributed by atoms with van der Waals surface area (Å²) in [5.41, 5.74) is -0.0973. The smallest absolute Gasteiger partial charge is 0.325 e. The average molecular weight is 330 g/mol. The van der Waals surface area contributed by atoms with Gasteiger partial charge in [0.15, 0.2) is 0 Å². The lowest BCUT2D eigenvalue weighted by Gasteiger charge is -2.43. The largest absolute Gasteiger partial charge is 0.387 e. The number of amides is 3. The summed E-state index contributed by atoms with van der Waals surface area (Å²) in [4.78, 5) is 26.6. The highest BCUT2D eigenvalue weighted by atomic mass is 16.3. The van der Waals surface area contributed by atoms with Crippen molar-refractivity contribution in [1.29, 1.82) is 0 Å². The highest BCUT2D eigenvalue weighted by Crippen LogP contribution is 2.46. The third-order valence-corrected chi connectivity index (χ3v) is 5.16. The Morgan fingerprint density at radius 3 is 2.54 bits per heavy atom. The van der Waals surface area contributed by atoms with Crippen LogP contribution in [0.3, 0.4) is 0 Å². The van der Waals surface area contributed by atoms with Crippen LogP contribution in [0, 0.1) is 11.3 Å². The van der Waals surface area contributed by atoms with Crippen molar-refractivity contribution >= 4 is 11.9 Å². The third-order valence-electron chi connectivity index (χ3n) is 5.16. The summed E-state index contributed by atoms with van der Waals surface area (Å²) in [6.45, 7) is 6.41. The lowest BCUT2D eigenvalue weighted by atomic mass is 9.64. The Bertz CT molecular complexity index is 643. The van der Waals surface area contributed by atoms with Gasteiger partial charge in [0.2, 0.25) is 0 Å². The highest BCUT2D eigenvalue weighted by Gasteiger charge is 2.56. The molecule has 0 aromatic heterocycles. The van der Waals surface area contributed by atoms with Crippen molar-refractivity contribution in [2.45, 2.75) is 51.7 Å². The molecule has 130 valence electrons. The predicted octanol–water partition coefficient (Wildman–Crippen LogP) is 2.86. The second kappa shape index (κ2) is 5.88. The summed E-state index contributed by atoms with van der Waals surface area (Å²) in [5, 5.41) is 13.3. The number of aliphatic hydroxyl groups is 1. The van der Waals surface area contributed by atoms with E-state index in [2.05, 4.69) is 26.1 Å². The minimum absolute atomic E-state index is 0.00859. The number of nitrogens with one attached hydrogen (secondary N) is 1. The summed E-state index contributed by atoms with van der Waals surface area (Å²) in [6, 6.07) is 8.73. The molecule has 1 aliphatic carbocycles. The molecule has 5 heteroatoms. The molecule has 1 saturated heterocycles. The van der Waals surface area contributed by atoms with Gasteiger partial charge < -0.3 is 10.4 Å². The van der Waals surface area contributed by atoms with Gasteiger partial charge in [0.1, 0.15) is 5.54 Å². The van der Waals surface area contributed by atoms with Crippen LogP contribution in [-0.4, -0.2) is 34.0 Å². The number of carbonyl (C=O) groups excluding carboxylic acids is 2. The first kappa shape index (κ1) is 17.0. The van der Waals surface area contributed by atoms with Crippen molar-refractivity contribution in [2.24, 2.45) is 11.3 Å². The molecule has 1 aromatic carbocycles. The first-order valence-corrected chi connectivity index (χ1v) is 8.60. The van der Waals surface area contributed by atoms with E-state index >= 15 is 0 Å². The van der Waals surface area contributed by atoms with E-state index < -0.39 is 11.6 Å². The molecule has 0 radical (unpaired) electrons. The number of hydrogen-bond donors (Lipinski definition) is 2. The number of nitrogens with zero attached hydrogens (tertiary/aromatic N) is 1. The van der Waals surface area contributed by atoms with Crippen LogP contribution in [0.5, 0.6) is 0 Å². The topological polar surface area (TPSA) is 69.6 Å². The summed E-state index contributed by atoms with van der Waals surface area (Å²) in [6.07, 6.45) is 1.49. The Morgan fingerprint density at radius 1 is 1.25 bits per heavy atom. The molecule has 3 atom stereocenters. The molecule has 2 fully saturated rings. The number of β-amino-alcohol motifs (C(OH)–C–C–N with tert-alkyl or cyclic N) is 1. The fourth-order valence-electron chi connectivity index (χ4n) is 4.63. The predicted molar refractivity (Wildman–Crippen MR) is 91.2 cm³/mol. The zero-order valence-electron chi connectivity index (χ0n) is 14.6. The Labute approximate surface area is 143 Å². The lowest BCUT2D eigenvalue weighted by Crippen LogP contribution is -2.54. The van der Waals surface area contributed by atoms with Gasteiger partial charge in [-0.1, -0.05) is 51.1 Å². The third kappa shape index (κ3) is 3.05. The van der Waals surface area contributed by atoms with E-state index in [1.165, 1.54) is 4.90 Å². The van der Waals surface area contributed by atoms with Crippen LogP contribution in [0.15, 0.2) is 30.3 Å². The van der Waals surface area contributed by atoms with Gasteiger partial charge in [-0.25, -0.2) is 4.79 Å².